The zero-order valence-corrected chi connectivity index (χ0v) is 13.3. The predicted octanol–water partition coefficient (Wildman–Crippen LogP) is 1.55. The van der Waals surface area contributed by atoms with Gasteiger partial charge in [-0.1, -0.05) is 0 Å². The molecule has 0 saturated carbocycles. The number of carbonyl (C=O) groups excluding carboxylic acids is 1. The Labute approximate surface area is 134 Å². The number of aromatic nitrogens is 5. The molecule has 0 unspecified atom stereocenters. The molecular formula is C16H18N6O. The molecule has 0 fully saturated rings. The Bertz CT molecular complexity index is 831. The minimum Gasteiger partial charge on any atom is -0.346 e. The molecule has 23 heavy (non-hydrogen) atoms. The molecule has 118 valence electrons. The lowest BCUT2D eigenvalue weighted by atomic mass is 10.2. The Morgan fingerprint density at radius 1 is 1.26 bits per heavy atom. The molecule has 0 saturated heterocycles. The number of aryl methyl sites for hydroxylation is 3. The van der Waals surface area contributed by atoms with E-state index in [9.17, 15) is 4.79 Å². The minimum atomic E-state index is -0.178. The first-order valence-corrected chi connectivity index (χ1v) is 7.27. The largest absolute Gasteiger partial charge is 0.346 e. The quantitative estimate of drug-likeness (QED) is 0.793. The molecular weight excluding hydrogens is 292 g/mol. The van der Waals surface area contributed by atoms with Gasteiger partial charge in [-0.15, -0.1) is 0 Å². The van der Waals surface area contributed by atoms with Crippen LogP contribution in [0.1, 0.15) is 27.4 Å². The molecule has 0 spiro atoms. The molecule has 3 aromatic rings. The van der Waals surface area contributed by atoms with E-state index in [-0.39, 0.29) is 5.91 Å². The maximum absolute atomic E-state index is 12.1. The van der Waals surface area contributed by atoms with E-state index in [1.165, 1.54) is 0 Å². The summed E-state index contributed by atoms with van der Waals surface area (Å²) in [6.07, 6.45) is 5.12. The van der Waals surface area contributed by atoms with Gasteiger partial charge in [0.25, 0.3) is 5.91 Å². The number of nitrogens with one attached hydrogen (secondary N) is 1. The van der Waals surface area contributed by atoms with Gasteiger partial charge in [0.15, 0.2) is 5.82 Å². The highest BCUT2D eigenvalue weighted by Gasteiger charge is 2.09. The van der Waals surface area contributed by atoms with E-state index in [0.717, 1.165) is 17.1 Å². The number of carbonyl (C=O) groups is 1. The van der Waals surface area contributed by atoms with Crippen LogP contribution < -0.4 is 5.32 Å². The van der Waals surface area contributed by atoms with E-state index < -0.39 is 0 Å². The number of pyridine rings is 1. The molecule has 3 rings (SSSR count). The lowest BCUT2D eigenvalue weighted by molar-refractivity contribution is 0.0950. The highest BCUT2D eigenvalue weighted by atomic mass is 16.1. The SMILES string of the molecule is Cc1cc(C)n(-c2ccc(C(=O)NCc3cn(C)cn3)cn2)n1. The Morgan fingerprint density at radius 2 is 2.09 bits per heavy atom. The molecule has 0 aliphatic heterocycles. The molecule has 1 N–H and O–H groups in total. The molecule has 0 atom stereocenters. The monoisotopic (exact) mass is 310 g/mol. The predicted molar refractivity (Wildman–Crippen MR) is 85.2 cm³/mol. The maximum Gasteiger partial charge on any atom is 0.253 e. The third-order valence-corrected chi connectivity index (χ3v) is 3.43. The van der Waals surface area contributed by atoms with Crippen LogP contribution in [0.4, 0.5) is 0 Å². The lowest BCUT2D eigenvalue weighted by Crippen LogP contribution is -2.23. The molecule has 0 bridgehead atoms. The molecule has 3 heterocycles. The first-order chi connectivity index (χ1) is 11.0. The molecule has 0 aliphatic rings. The first kappa shape index (κ1) is 15.0. The number of nitrogens with zero attached hydrogens (tertiary/aromatic N) is 5. The Kier molecular flexibility index (Phi) is 3.92. The normalized spacial score (nSPS) is 10.7. The van der Waals surface area contributed by atoms with Crippen molar-refractivity contribution in [1.82, 2.24) is 29.6 Å². The van der Waals surface area contributed by atoms with Crippen molar-refractivity contribution in [3.8, 4) is 5.82 Å². The van der Waals surface area contributed by atoms with Gasteiger partial charge in [0.1, 0.15) is 0 Å². The number of rotatable bonds is 4. The molecule has 0 aliphatic carbocycles. The third-order valence-electron chi connectivity index (χ3n) is 3.43. The summed E-state index contributed by atoms with van der Waals surface area (Å²) in [5.41, 5.74) is 3.25. The van der Waals surface area contributed by atoms with E-state index in [4.69, 9.17) is 0 Å². The summed E-state index contributed by atoms with van der Waals surface area (Å²) in [5, 5.41) is 7.20. The van der Waals surface area contributed by atoms with Crippen LogP contribution in [0.3, 0.4) is 0 Å². The van der Waals surface area contributed by atoms with Gasteiger partial charge in [-0.05, 0) is 32.0 Å². The van der Waals surface area contributed by atoms with Crippen molar-refractivity contribution in [3.05, 3.63) is 59.6 Å². The number of hydrogen-bond acceptors (Lipinski definition) is 4. The van der Waals surface area contributed by atoms with Crippen LogP contribution in [0.2, 0.25) is 0 Å². The number of amides is 1. The van der Waals surface area contributed by atoms with Crippen LogP contribution in [-0.4, -0.2) is 30.2 Å². The zero-order valence-electron chi connectivity index (χ0n) is 13.3. The summed E-state index contributed by atoms with van der Waals surface area (Å²) >= 11 is 0. The van der Waals surface area contributed by atoms with E-state index in [1.54, 1.807) is 29.3 Å². The standard InChI is InChI=1S/C16H18N6O/c1-11-6-12(2)22(20-11)15-5-4-13(7-17-15)16(23)18-8-14-9-21(3)10-19-14/h4-7,9-10H,8H2,1-3H3,(H,18,23). The van der Waals surface area contributed by atoms with E-state index in [0.29, 0.717) is 17.9 Å². The van der Waals surface area contributed by atoms with Crippen LogP contribution >= 0.6 is 0 Å². The van der Waals surface area contributed by atoms with Crippen molar-refractivity contribution >= 4 is 5.91 Å². The Hall–Kier alpha value is -2.96. The average molecular weight is 310 g/mol. The van der Waals surface area contributed by atoms with Gasteiger partial charge in [-0.25, -0.2) is 14.6 Å². The fourth-order valence-corrected chi connectivity index (χ4v) is 2.34. The van der Waals surface area contributed by atoms with Crippen molar-refractivity contribution in [2.24, 2.45) is 7.05 Å². The second-order valence-electron chi connectivity index (χ2n) is 5.46. The van der Waals surface area contributed by atoms with Crippen LogP contribution in [-0.2, 0) is 13.6 Å². The van der Waals surface area contributed by atoms with Gasteiger partial charge < -0.3 is 9.88 Å². The van der Waals surface area contributed by atoms with Gasteiger partial charge in [-0.2, -0.15) is 5.10 Å². The second-order valence-corrected chi connectivity index (χ2v) is 5.46. The summed E-state index contributed by atoms with van der Waals surface area (Å²) in [5.74, 6) is 0.514. The Morgan fingerprint density at radius 3 is 2.65 bits per heavy atom. The number of hydrogen-bond donors (Lipinski definition) is 1. The van der Waals surface area contributed by atoms with Crippen molar-refractivity contribution in [2.45, 2.75) is 20.4 Å². The molecule has 1 amide bonds. The highest BCUT2D eigenvalue weighted by molar-refractivity contribution is 5.93. The summed E-state index contributed by atoms with van der Waals surface area (Å²) < 4.78 is 3.59. The minimum absolute atomic E-state index is 0.178. The van der Waals surface area contributed by atoms with Crippen molar-refractivity contribution in [1.29, 1.82) is 0 Å². The third kappa shape index (κ3) is 3.28. The maximum atomic E-state index is 12.1. The van der Waals surface area contributed by atoms with Gasteiger partial charge in [0, 0.05) is 25.1 Å². The molecule has 0 aromatic carbocycles. The Balaban J connectivity index is 1.69. The van der Waals surface area contributed by atoms with Crippen LogP contribution in [0.5, 0.6) is 0 Å². The van der Waals surface area contributed by atoms with Gasteiger partial charge in [-0.3, -0.25) is 4.79 Å². The molecule has 3 aromatic heterocycles. The zero-order chi connectivity index (χ0) is 16.4. The van der Waals surface area contributed by atoms with Crippen LogP contribution in [0.25, 0.3) is 5.82 Å². The number of imidazole rings is 1. The van der Waals surface area contributed by atoms with Crippen molar-refractivity contribution < 1.29 is 4.79 Å². The molecule has 0 radical (unpaired) electrons. The summed E-state index contributed by atoms with van der Waals surface area (Å²) in [4.78, 5) is 20.6. The summed E-state index contributed by atoms with van der Waals surface area (Å²) in [7, 11) is 1.89. The lowest BCUT2D eigenvalue weighted by Gasteiger charge is -2.06. The fraction of sp³-hybridized carbons (Fsp3) is 0.250. The summed E-state index contributed by atoms with van der Waals surface area (Å²) in [6.45, 7) is 4.29. The molecule has 7 nitrogen and oxygen atoms in total. The average Bonchev–Trinajstić information content (AvgIpc) is 3.10. The molecule has 7 heteroatoms. The first-order valence-electron chi connectivity index (χ1n) is 7.27. The van der Waals surface area contributed by atoms with Gasteiger partial charge in [0.2, 0.25) is 0 Å². The van der Waals surface area contributed by atoms with E-state index >= 15 is 0 Å². The highest BCUT2D eigenvalue weighted by Crippen LogP contribution is 2.10. The van der Waals surface area contributed by atoms with Crippen LogP contribution in [0, 0.1) is 13.8 Å². The van der Waals surface area contributed by atoms with Crippen molar-refractivity contribution in [3.63, 3.8) is 0 Å². The fourth-order valence-electron chi connectivity index (χ4n) is 2.34. The van der Waals surface area contributed by atoms with Crippen LogP contribution in [0.15, 0.2) is 36.9 Å². The van der Waals surface area contributed by atoms with Gasteiger partial charge >= 0.3 is 0 Å². The smallest absolute Gasteiger partial charge is 0.253 e. The van der Waals surface area contributed by atoms with Gasteiger partial charge in [0.05, 0.1) is 29.8 Å². The topological polar surface area (TPSA) is 77.6 Å². The summed E-state index contributed by atoms with van der Waals surface area (Å²) in [6, 6.07) is 5.51. The van der Waals surface area contributed by atoms with E-state index in [1.807, 2.05) is 37.7 Å². The second kappa shape index (κ2) is 6.04. The van der Waals surface area contributed by atoms with E-state index in [2.05, 4.69) is 20.4 Å². The van der Waals surface area contributed by atoms with Crippen molar-refractivity contribution in [2.75, 3.05) is 0 Å².